The number of hydrogen-bond acceptors (Lipinski definition) is 11. The largest absolute Gasteiger partial charge is 0.507 e. The highest BCUT2D eigenvalue weighted by Gasteiger charge is 2.64. The van der Waals surface area contributed by atoms with Gasteiger partial charge in [0.05, 0.1) is 22.7 Å². The van der Waals surface area contributed by atoms with E-state index in [1.54, 1.807) is 6.07 Å². The molecule has 6 N–H and O–H groups in total. The van der Waals surface area contributed by atoms with Crippen LogP contribution in [0.4, 0.5) is 0 Å². The second kappa shape index (κ2) is 8.41. The van der Waals surface area contributed by atoms with Crippen LogP contribution in [-0.4, -0.2) is 74.6 Å². The van der Waals surface area contributed by atoms with Crippen molar-refractivity contribution in [3.63, 3.8) is 0 Å². The molecular weight excluding hydrogens is 511 g/mol. The summed E-state index contributed by atoms with van der Waals surface area (Å²) in [6, 6.07) is 2.95. The van der Waals surface area contributed by atoms with E-state index in [9.17, 15) is 34.8 Å². The van der Waals surface area contributed by atoms with E-state index in [1.165, 1.54) is 6.07 Å². The van der Waals surface area contributed by atoms with Gasteiger partial charge >= 0.3 is 7.12 Å². The fourth-order valence-electron chi connectivity index (χ4n) is 5.91. The average Bonchev–Trinajstić information content (AvgIpc) is 3.05. The van der Waals surface area contributed by atoms with Crippen LogP contribution < -0.4 is 11.2 Å². The lowest BCUT2D eigenvalue weighted by atomic mass is 9.57. The van der Waals surface area contributed by atoms with Crippen molar-refractivity contribution < 1.29 is 49.0 Å². The van der Waals surface area contributed by atoms with E-state index < -0.39 is 76.0 Å². The predicted molar refractivity (Wildman–Crippen MR) is 137 cm³/mol. The number of nitrogens with zero attached hydrogens (tertiary/aromatic N) is 1. The first-order chi connectivity index (χ1) is 18.1. The van der Waals surface area contributed by atoms with Crippen molar-refractivity contribution in [1.29, 1.82) is 0 Å². The van der Waals surface area contributed by atoms with Gasteiger partial charge in [-0.2, -0.15) is 0 Å². The Labute approximate surface area is 223 Å². The van der Waals surface area contributed by atoms with Gasteiger partial charge in [-0.1, -0.05) is 11.2 Å². The Morgan fingerprint density at radius 1 is 1.08 bits per heavy atom. The topological polar surface area (TPSA) is 198 Å². The number of fused-ring (bicyclic) bond motifs is 3. The van der Waals surface area contributed by atoms with Gasteiger partial charge in [-0.3, -0.25) is 14.4 Å². The van der Waals surface area contributed by atoms with Crippen molar-refractivity contribution in [3.05, 3.63) is 40.2 Å². The molecule has 3 aliphatic carbocycles. The summed E-state index contributed by atoms with van der Waals surface area (Å²) in [6.45, 7) is 7.53. The Balaban J connectivity index is 1.68. The predicted octanol–water partition coefficient (Wildman–Crippen LogP) is 0.335. The molecule has 1 amide bonds. The van der Waals surface area contributed by atoms with Crippen LogP contribution in [-0.2, 0) is 35.0 Å². The fourth-order valence-corrected chi connectivity index (χ4v) is 5.91. The molecule has 13 heteroatoms. The third-order valence-corrected chi connectivity index (χ3v) is 8.62. The minimum absolute atomic E-state index is 0.0496. The highest BCUT2D eigenvalue weighted by Crippen LogP contribution is 2.50. The summed E-state index contributed by atoms with van der Waals surface area (Å²) in [6.07, 6.45) is -0.0635. The quantitative estimate of drug-likeness (QED) is 0.154. The number of carbonyl (C=O) groups excluding carboxylic acids is 3. The maximum atomic E-state index is 13.8. The summed E-state index contributed by atoms with van der Waals surface area (Å²) in [7, 11) is 0.305. The van der Waals surface area contributed by atoms with Gasteiger partial charge < -0.3 is 40.3 Å². The van der Waals surface area contributed by atoms with E-state index in [2.05, 4.69) is 5.16 Å². The summed E-state index contributed by atoms with van der Waals surface area (Å²) in [4.78, 5) is 43.9. The zero-order valence-electron chi connectivity index (χ0n) is 22.1. The van der Waals surface area contributed by atoms with Crippen molar-refractivity contribution in [1.82, 2.24) is 0 Å². The normalized spacial score (nSPS) is 30.3. The van der Waals surface area contributed by atoms with Crippen LogP contribution in [0.5, 0.6) is 5.75 Å². The molecule has 0 radical (unpaired) electrons. The van der Waals surface area contributed by atoms with E-state index in [-0.39, 0.29) is 29.7 Å². The second-order valence-electron chi connectivity index (χ2n) is 11.2. The van der Waals surface area contributed by atoms with E-state index in [1.807, 2.05) is 27.7 Å². The molecule has 0 unspecified atom stereocenters. The first kappa shape index (κ1) is 26.9. The van der Waals surface area contributed by atoms with Gasteiger partial charge in [0.25, 0.3) is 5.91 Å². The molecule has 0 bridgehead atoms. The number of phenolic OH excluding ortho intramolecular Hbond substituents is 1. The highest BCUT2D eigenvalue weighted by molar-refractivity contribution is 6.62. The molecule has 0 spiro atoms. The van der Waals surface area contributed by atoms with Gasteiger partial charge in [-0.05, 0) is 63.5 Å². The molecule has 1 aliphatic heterocycles. The van der Waals surface area contributed by atoms with Crippen LogP contribution in [0.3, 0.4) is 0 Å². The molecule has 1 saturated heterocycles. The fraction of sp³-hybridized carbons (Fsp3) is 0.462. The first-order valence-electron chi connectivity index (χ1n) is 12.4. The Hall–Kier alpha value is -3.68. The number of aliphatic hydroxyl groups excluding tert-OH is 2. The van der Waals surface area contributed by atoms with E-state index >= 15 is 0 Å². The monoisotopic (exact) mass is 540 g/mol. The lowest BCUT2D eigenvalue weighted by Crippen LogP contribution is -2.64. The van der Waals surface area contributed by atoms with Gasteiger partial charge in [0, 0.05) is 5.57 Å². The van der Waals surface area contributed by atoms with Crippen LogP contribution in [0.25, 0.3) is 5.76 Å². The van der Waals surface area contributed by atoms with Crippen LogP contribution in [0.1, 0.15) is 45.2 Å². The molecular formula is C26H29BN2O10. The van der Waals surface area contributed by atoms with Crippen LogP contribution in [0.2, 0.25) is 0 Å². The SMILES string of the molecule is CO/N=C1\C(O)=C(C(N)=O)C(=O)[C@@]2(O)C(=O)C3=C(O)c4c(O)ccc(B5OC(C)(C)C(C)(C)O5)c4C[C@H]3C[C@@H]12. The number of carbonyl (C=O) groups is 3. The molecule has 1 heterocycles. The molecule has 0 aromatic heterocycles. The summed E-state index contributed by atoms with van der Waals surface area (Å²) in [5.74, 6) is -8.00. The zero-order valence-corrected chi connectivity index (χ0v) is 22.1. The van der Waals surface area contributed by atoms with Crippen molar-refractivity contribution in [2.75, 3.05) is 7.11 Å². The number of primary amides is 1. The number of aliphatic hydroxyl groups is 3. The minimum Gasteiger partial charge on any atom is -0.507 e. The summed E-state index contributed by atoms with van der Waals surface area (Å²) >= 11 is 0. The molecule has 2 fully saturated rings. The number of amides is 1. The van der Waals surface area contributed by atoms with E-state index in [4.69, 9.17) is 19.9 Å². The number of phenols is 1. The van der Waals surface area contributed by atoms with Gasteiger partial charge in [-0.25, -0.2) is 0 Å². The summed E-state index contributed by atoms with van der Waals surface area (Å²) < 4.78 is 12.4. The molecule has 12 nitrogen and oxygen atoms in total. The molecule has 4 aliphatic rings. The summed E-state index contributed by atoms with van der Waals surface area (Å²) in [5, 5.41) is 48.0. The average molecular weight is 540 g/mol. The molecule has 1 saturated carbocycles. The van der Waals surface area contributed by atoms with Gasteiger partial charge in [0.1, 0.15) is 29.9 Å². The second-order valence-corrected chi connectivity index (χ2v) is 11.2. The van der Waals surface area contributed by atoms with Gasteiger partial charge in [0.15, 0.2) is 11.4 Å². The third-order valence-electron chi connectivity index (χ3n) is 8.62. The Kier molecular flexibility index (Phi) is 5.80. The number of hydrogen-bond donors (Lipinski definition) is 5. The van der Waals surface area contributed by atoms with Gasteiger partial charge in [-0.15, -0.1) is 0 Å². The van der Waals surface area contributed by atoms with Gasteiger partial charge in [0.2, 0.25) is 11.6 Å². The number of oxime groups is 1. The highest BCUT2D eigenvalue weighted by atomic mass is 16.7. The smallest absolute Gasteiger partial charge is 0.495 e. The van der Waals surface area contributed by atoms with Crippen molar-refractivity contribution in [3.8, 4) is 5.75 Å². The number of rotatable bonds is 3. The van der Waals surface area contributed by atoms with Crippen molar-refractivity contribution in [2.24, 2.45) is 22.7 Å². The molecule has 206 valence electrons. The van der Waals surface area contributed by atoms with Crippen LogP contribution in [0, 0.1) is 11.8 Å². The number of Topliss-reactive ketones (excluding diaryl/α,β-unsaturated/α-hetero) is 2. The molecule has 1 aromatic rings. The molecule has 39 heavy (non-hydrogen) atoms. The maximum absolute atomic E-state index is 13.8. The molecule has 5 rings (SSSR count). The lowest BCUT2D eigenvalue weighted by molar-refractivity contribution is -0.153. The lowest BCUT2D eigenvalue weighted by Gasteiger charge is -2.45. The maximum Gasteiger partial charge on any atom is 0.495 e. The van der Waals surface area contributed by atoms with E-state index in [0.717, 1.165) is 7.11 Å². The number of benzene rings is 1. The number of allylic oxidation sites excluding steroid dienone is 1. The number of nitrogens with two attached hydrogens (primary N) is 1. The Morgan fingerprint density at radius 3 is 2.26 bits per heavy atom. The van der Waals surface area contributed by atoms with E-state index in [0.29, 0.717) is 11.0 Å². The number of ketones is 2. The van der Waals surface area contributed by atoms with Crippen molar-refractivity contribution >= 4 is 41.5 Å². The Bertz CT molecular complexity index is 1430. The summed E-state index contributed by atoms with van der Waals surface area (Å²) in [5.41, 5.74) is 0.284. The first-order valence-corrected chi connectivity index (χ1v) is 12.4. The molecule has 1 aromatic carbocycles. The van der Waals surface area contributed by atoms with Crippen LogP contribution in [0.15, 0.2) is 34.2 Å². The number of aromatic hydroxyl groups is 1. The Morgan fingerprint density at radius 2 is 1.69 bits per heavy atom. The molecule has 3 atom stereocenters. The zero-order chi connectivity index (χ0) is 28.8. The minimum atomic E-state index is -2.90. The van der Waals surface area contributed by atoms with Crippen LogP contribution >= 0.6 is 0 Å². The van der Waals surface area contributed by atoms with Crippen molar-refractivity contribution in [2.45, 2.75) is 57.3 Å². The standard InChI is InChI=1S/C26H29BN2O10/c1-24(2)25(3,4)39-27(38-24)13-6-7-14(30)16-11(13)8-10-9-12-18(29-37-5)20(32)17(23(28)35)22(34)26(12,36)21(33)15(10)19(16)31/h6-7,10,12,30-32,36H,8-9H2,1-5H3,(H2,28,35)/b29-18-/t10-,12-,26-/m0/s1. The third kappa shape index (κ3) is 3.49.